The second kappa shape index (κ2) is 5.84. The second-order valence-corrected chi connectivity index (χ2v) is 5.14. The molecule has 2 aromatic rings. The first-order valence-electron chi connectivity index (χ1n) is 5.78. The van der Waals surface area contributed by atoms with Crippen LogP contribution in [0.15, 0.2) is 41.1 Å². The van der Waals surface area contributed by atoms with Crippen molar-refractivity contribution in [2.24, 2.45) is 7.05 Å². The molecule has 1 amide bonds. The van der Waals surface area contributed by atoms with Crippen molar-refractivity contribution < 1.29 is 4.79 Å². The molecule has 0 aliphatic heterocycles. The van der Waals surface area contributed by atoms with E-state index in [9.17, 15) is 4.79 Å². The van der Waals surface area contributed by atoms with Crippen molar-refractivity contribution in [3.8, 4) is 0 Å². The molecule has 0 bridgehead atoms. The summed E-state index contributed by atoms with van der Waals surface area (Å²) < 4.78 is 2.69. The summed E-state index contributed by atoms with van der Waals surface area (Å²) in [5.74, 6) is -0.158. The Morgan fingerprint density at radius 2 is 2.26 bits per heavy atom. The van der Waals surface area contributed by atoms with Gasteiger partial charge in [0.25, 0.3) is 0 Å². The summed E-state index contributed by atoms with van der Waals surface area (Å²) in [4.78, 5) is 11.8. The number of nitrogens with one attached hydrogen (secondary N) is 1. The van der Waals surface area contributed by atoms with Crippen LogP contribution in [0, 0.1) is 6.92 Å². The molecule has 1 heterocycles. The minimum Gasteiger partial charge on any atom is -0.322 e. The highest BCUT2D eigenvalue weighted by Gasteiger charge is 2.02. The van der Waals surface area contributed by atoms with Crippen LogP contribution in [0.5, 0.6) is 0 Å². The van der Waals surface area contributed by atoms with Crippen molar-refractivity contribution in [2.45, 2.75) is 6.92 Å². The van der Waals surface area contributed by atoms with Gasteiger partial charge in [-0.2, -0.15) is 5.10 Å². The van der Waals surface area contributed by atoms with Crippen LogP contribution < -0.4 is 5.32 Å². The van der Waals surface area contributed by atoms with Crippen LogP contribution in [0.1, 0.15) is 11.1 Å². The second-order valence-electron chi connectivity index (χ2n) is 4.23. The van der Waals surface area contributed by atoms with E-state index in [1.54, 1.807) is 17.0 Å². The number of anilines is 1. The number of carbonyl (C=O) groups excluding carboxylic acids is 1. The van der Waals surface area contributed by atoms with Crippen molar-refractivity contribution >= 4 is 33.6 Å². The largest absolute Gasteiger partial charge is 0.322 e. The SMILES string of the molecule is Cc1cc(Br)ccc1NC(=O)/C=C/c1cnn(C)c1. The van der Waals surface area contributed by atoms with E-state index >= 15 is 0 Å². The highest BCUT2D eigenvalue weighted by atomic mass is 79.9. The zero-order chi connectivity index (χ0) is 13.8. The van der Waals surface area contributed by atoms with Crippen LogP contribution in [-0.4, -0.2) is 15.7 Å². The molecule has 5 heteroatoms. The average Bonchev–Trinajstić information content (AvgIpc) is 2.76. The first-order valence-corrected chi connectivity index (χ1v) is 6.58. The molecule has 98 valence electrons. The summed E-state index contributed by atoms with van der Waals surface area (Å²) in [5.41, 5.74) is 2.71. The molecule has 0 fully saturated rings. The molecular formula is C14H14BrN3O. The smallest absolute Gasteiger partial charge is 0.248 e. The molecule has 0 radical (unpaired) electrons. The van der Waals surface area contributed by atoms with Gasteiger partial charge in [-0.05, 0) is 36.8 Å². The molecule has 1 aromatic heterocycles. The van der Waals surface area contributed by atoms with E-state index in [1.165, 1.54) is 6.08 Å². The third kappa shape index (κ3) is 3.79. The first-order chi connectivity index (χ1) is 9.04. The standard InChI is InChI=1S/C14H14BrN3O/c1-10-7-12(15)4-5-13(10)17-14(19)6-3-11-8-16-18(2)9-11/h3-9H,1-2H3,(H,17,19)/b6-3+. The van der Waals surface area contributed by atoms with E-state index in [0.717, 1.165) is 21.3 Å². The van der Waals surface area contributed by atoms with Gasteiger partial charge in [0.15, 0.2) is 0 Å². The maximum atomic E-state index is 11.8. The Kier molecular flexibility index (Phi) is 4.16. The Bertz CT molecular complexity index is 631. The van der Waals surface area contributed by atoms with Crippen molar-refractivity contribution in [2.75, 3.05) is 5.32 Å². The lowest BCUT2D eigenvalue weighted by Gasteiger charge is -2.06. The molecule has 4 nitrogen and oxygen atoms in total. The predicted molar refractivity (Wildman–Crippen MR) is 79.8 cm³/mol. The Morgan fingerprint density at radius 3 is 2.89 bits per heavy atom. The zero-order valence-corrected chi connectivity index (χ0v) is 12.3. The Hall–Kier alpha value is -1.88. The molecule has 2 rings (SSSR count). The zero-order valence-electron chi connectivity index (χ0n) is 10.7. The van der Waals surface area contributed by atoms with Crippen molar-refractivity contribution in [3.63, 3.8) is 0 Å². The number of nitrogens with zero attached hydrogens (tertiary/aromatic N) is 2. The van der Waals surface area contributed by atoms with Gasteiger partial charge in [0.2, 0.25) is 5.91 Å². The van der Waals surface area contributed by atoms with E-state index in [1.807, 2.05) is 38.4 Å². The number of benzene rings is 1. The molecule has 1 N–H and O–H groups in total. The van der Waals surface area contributed by atoms with Gasteiger partial charge in [-0.1, -0.05) is 15.9 Å². The number of rotatable bonds is 3. The Morgan fingerprint density at radius 1 is 1.47 bits per heavy atom. The molecule has 0 saturated heterocycles. The van der Waals surface area contributed by atoms with Gasteiger partial charge in [0, 0.05) is 35.0 Å². The molecule has 0 aliphatic carbocycles. The number of aromatic nitrogens is 2. The summed E-state index contributed by atoms with van der Waals surface area (Å²) in [6, 6.07) is 5.73. The first kappa shape index (κ1) is 13.5. The molecule has 1 aromatic carbocycles. The molecule has 0 saturated carbocycles. The highest BCUT2D eigenvalue weighted by Crippen LogP contribution is 2.19. The monoisotopic (exact) mass is 319 g/mol. The Labute approximate surface area is 120 Å². The van der Waals surface area contributed by atoms with Crippen molar-refractivity contribution in [3.05, 3.63) is 52.3 Å². The van der Waals surface area contributed by atoms with Crippen LogP contribution in [0.25, 0.3) is 6.08 Å². The van der Waals surface area contributed by atoms with Gasteiger partial charge in [-0.25, -0.2) is 0 Å². The lowest BCUT2D eigenvalue weighted by molar-refractivity contribution is -0.111. The van der Waals surface area contributed by atoms with Gasteiger partial charge in [0.1, 0.15) is 0 Å². The third-order valence-electron chi connectivity index (χ3n) is 2.60. The number of carbonyl (C=O) groups is 1. The molecular weight excluding hydrogens is 306 g/mol. The third-order valence-corrected chi connectivity index (χ3v) is 3.09. The number of halogens is 1. The topological polar surface area (TPSA) is 46.9 Å². The summed E-state index contributed by atoms with van der Waals surface area (Å²) in [5, 5.41) is 6.87. The molecule has 0 aliphatic rings. The van der Waals surface area contributed by atoms with Gasteiger partial charge in [0.05, 0.1) is 6.20 Å². The minimum atomic E-state index is -0.158. The molecule has 0 atom stereocenters. The average molecular weight is 320 g/mol. The fraction of sp³-hybridized carbons (Fsp3) is 0.143. The predicted octanol–water partition coefficient (Wildman–Crippen LogP) is 3.14. The van der Waals surface area contributed by atoms with E-state index in [0.29, 0.717) is 0 Å². The van der Waals surface area contributed by atoms with E-state index in [4.69, 9.17) is 0 Å². The van der Waals surface area contributed by atoms with Gasteiger partial charge >= 0.3 is 0 Å². The summed E-state index contributed by atoms with van der Waals surface area (Å²) in [6.45, 7) is 1.95. The van der Waals surface area contributed by atoms with Crippen LogP contribution in [-0.2, 0) is 11.8 Å². The van der Waals surface area contributed by atoms with Crippen LogP contribution >= 0.6 is 15.9 Å². The summed E-state index contributed by atoms with van der Waals surface area (Å²) in [6.07, 6.45) is 6.78. The highest BCUT2D eigenvalue weighted by molar-refractivity contribution is 9.10. The van der Waals surface area contributed by atoms with Crippen molar-refractivity contribution in [1.82, 2.24) is 9.78 Å². The maximum absolute atomic E-state index is 11.8. The number of amides is 1. The fourth-order valence-corrected chi connectivity index (χ4v) is 2.12. The van der Waals surface area contributed by atoms with Crippen LogP contribution in [0.3, 0.4) is 0 Å². The van der Waals surface area contributed by atoms with Crippen molar-refractivity contribution in [1.29, 1.82) is 0 Å². The van der Waals surface area contributed by atoms with Gasteiger partial charge < -0.3 is 5.32 Å². The van der Waals surface area contributed by atoms with E-state index < -0.39 is 0 Å². The molecule has 19 heavy (non-hydrogen) atoms. The fourth-order valence-electron chi connectivity index (χ4n) is 1.64. The molecule has 0 spiro atoms. The minimum absolute atomic E-state index is 0.158. The lowest BCUT2D eigenvalue weighted by Crippen LogP contribution is -2.08. The summed E-state index contributed by atoms with van der Waals surface area (Å²) >= 11 is 3.39. The molecule has 0 unspecified atom stereocenters. The Balaban J connectivity index is 2.03. The van der Waals surface area contributed by atoms with Crippen LogP contribution in [0.4, 0.5) is 5.69 Å². The van der Waals surface area contributed by atoms with Crippen LogP contribution in [0.2, 0.25) is 0 Å². The number of aryl methyl sites for hydroxylation is 2. The quantitative estimate of drug-likeness (QED) is 0.883. The lowest BCUT2D eigenvalue weighted by atomic mass is 10.2. The number of hydrogen-bond donors (Lipinski definition) is 1. The van der Waals surface area contributed by atoms with Gasteiger partial charge in [-0.3, -0.25) is 9.48 Å². The maximum Gasteiger partial charge on any atom is 0.248 e. The van der Waals surface area contributed by atoms with E-state index in [-0.39, 0.29) is 5.91 Å². The van der Waals surface area contributed by atoms with E-state index in [2.05, 4.69) is 26.3 Å². The summed E-state index contributed by atoms with van der Waals surface area (Å²) in [7, 11) is 1.84. The normalized spacial score (nSPS) is 10.9. The van der Waals surface area contributed by atoms with Gasteiger partial charge in [-0.15, -0.1) is 0 Å². The number of hydrogen-bond acceptors (Lipinski definition) is 2.